The van der Waals surface area contributed by atoms with E-state index in [9.17, 15) is 19.4 Å². The number of nitrogens with zero attached hydrogens (tertiary/aromatic N) is 1. The number of alkyl halides is 1. The first-order chi connectivity index (χ1) is 10.4. The Morgan fingerprint density at radius 1 is 1.09 bits per heavy atom. The summed E-state index contributed by atoms with van der Waals surface area (Å²) in [5.74, 6) is 0.264. The van der Waals surface area contributed by atoms with Gasteiger partial charge in [-0.2, -0.15) is 0 Å². The normalized spacial score (nSPS) is 15.3. The van der Waals surface area contributed by atoms with Gasteiger partial charge in [-0.1, -0.05) is 44.9 Å². The molecule has 1 aromatic carbocycles. The largest absolute Gasteiger partial charge is 0.310 e. The number of hydrogen-bond acceptors (Lipinski definition) is 2. The van der Waals surface area contributed by atoms with Crippen molar-refractivity contribution in [2.45, 2.75) is 37.0 Å². The van der Waals surface area contributed by atoms with Crippen LogP contribution in [0.1, 0.15) is 30.3 Å². The minimum atomic E-state index is -9.63. The van der Waals surface area contributed by atoms with Gasteiger partial charge < -0.3 is 0 Å². The fourth-order valence-corrected chi connectivity index (χ4v) is 3.94. The van der Waals surface area contributed by atoms with E-state index in [1.165, 1.54) is 11.3 Å². The molecular weight excluding hydrogens is 377 g/mol. The Morgan fingerprint density at radius 3 is 2.17 bits per heavy atom. The highest BCUT2D eigenvalue weighted by molar-refractivity contribution is 8.45. The Balaban J connectivity index is 2.35. The lowest BCUT2D eigenvalue weighted by atomic mass is 10.2. The highest BCUT2D eigenvalue weighted by Gasteiger charge is 2.65. The van der Waals surface area contributed by atoms with Crippen LogP contribution < -0.4 is 0 Å². The van der Waals surface area contributed by atoms with Gasteiger partial charge in [0.1, 0.15) is 9.90 Å². The minimum Gasteiger partial charge on any atom is -0.241 e. The number of unbranched alkanes of at least 4 members (excludes halogenated alkanes) is 1. The first kappa shape index (κ1) is 18.5. The van der Waals surface area contributed by atoms with Gasteiger partial charge in [-0.05, 0) is 25.0 Å². The Labute approximate surface area is 140 Å². The first-order valence-electron chi connectivity index (χ1n) is 6.83. The van der Waals surface area contributed by atoms with E-state index in [1.807, 2.05) is 6.92 Å². The summed E-state index contributed by atoms with van der Waals surface area (Å²) >= 11 is 7.13. The van der Waals surface area contributed by atoms with E-state index in [-0.39, 0.29) is 5.88 Å². The van der Waals surface area contributed by atoms with Crippen molar-refractivity contribution >= 4 is 33.2 Å². The van der Waals surface area contributed by atoms with Crippen molar-refractivity contribution in [2.24, 2.45) is 0 Å². The summed E-state index contributed by atoms with van der Waals surface area (Å²) in [6, 6.07) is 2.86. The van der Waals surface area contributed by atoms with Crippen molar-refractivity contribution < 1.29 is 19.4 Å². The van der Waals surface area contributed by atoms with Crippen molar-refractivity contribution in [1.82, 2.24) is 4.98 Å². The molecule has 0 unspecified atom stereocenters. The average molecular weight is 392 g/mol. The molecule has 0 aliphatic heterocycles. The van der Waals surface area contributed by atoms with Crippen molar-refractivity contribution in [3.8, 4) is 10.6 Å². The van der Waals surface area contributed by atoms with E-state index in [0.29, 0.717) is 22.7 Å². The fourth-order valence-electron chi connectivity index (χ4n) is 2.01. The maximum absolute atomic E-state index is 12.7. The molecule has 1 heterocycles. The first-order valence-corrected chi connectivity index (χ1v) is 10.1. The van der Waals surface area contributed by atoms with Gasteiger partial charge in [0.25, 0.3) is 0 Å². The Hall–Kier alpha value is -0.860. The van der Waals surface area contributed by atoms with Crippen LogP contribution in [0.5, 0.6) is 0 Å². The summed E-state index contributed by atoms with van der Waals surface area (Å²) in [5.41, 5.74) is 1.19. The predicted octanol–water partition coefficient (Wildman–Crippen LogP) is 7.55. The number of benzene rings is 1. The summed E-state index contributed by atoms with van der Waals surface area (Å²) in [6.07, 6.45) is 2.64. The molecule has 0 aliphatic rings. The van der Waals surface area contributed by atoms with Crippen molar-refractivity contribution in [1.29, 1.82) is 0 Å². The zero-order chi connectivity index (χ0) is 17.4. The summed E-state index contributed by atoms with van der Waals surface area (Å²) in [6.45, 7) is 2.03. The Bertz CT molecular complexity index is 694. The Morgan fingerprint density at radius 2 is 1.70 bits per heavy atom. The van der Waals surface area contributed by atoms with E-state index in [1.54, 1.807) is 0 Å². The molecule has 1 nitrogen and oxygen atoms in total. The lowest BCUT2D eigenvalue weighted by Crippen LogP contribution is -2.05. The number of aromatic nitrogens is 1. The SMILES string of the molecule is CCCCc1nc(-c2ccc(S(F)(F)(F)(F)F)cc2)sc1CCl. The molecule has 2 rings (SSSR count). The monoisotopic (exact) mass is 391 g/mol. The van der Waals surface area contributed by atoms with Gasteiger partial charge in [-0.15, -0.1) is 22.9 Å². The molecule has 0 N–H and O–H groups in total. The summed E-state index contributed by atoms with van der Waals surface area (Å²) in [7, 11) is -9.63. The minimum absolute atomic E-state index is 0.264. The molecule has 1 aromatic heterocycles. The average Bonchev–Trinajstić information content (AvgIpc) is 2.86. The fraction of sp³-hybridized carbons (Fsp3) is 0.357. The maximum atomic E-state index is 12.7. The molecule has 0 aliphatic carbocycles. The van der Waals surface area contributed by atoms with Crippen molar-refractivity contribution in [3.63, 3.8) is 0 Å². The van der Waals surface area contributed by atoms with Crippen LogP contribution in [-0.2, 0) is 12.3 Å². The second kappa shape index (κ2) is 5.60. The molecule has 0 saturated heterocycles. The lowest BCUT2D eigenvalue weighted by molar-refractivity contribution is 0.364. The number of thiazole rings is 1. The smallest absolute Gasteiger partial charge is 0.241 e. The standard InChI is InChI=1S/C14H15ClF5NS2/c1-2-3-4-12-13(9-15)22-14(21-12)10-5-7-11(8-6-10)23(16,17,18,19)20/h5-8H,2-4,9H2,1H3. The summed E-state index contributed by atoms with van der Waals surface area (Å²) in [5, 5.41) is 0.487. The second-order valence-electron chi connectivity index (χ2n) is 5.12. The third-order valence-electron chi connectivity index (χ3n) is 3.21. The van der Waals surface area contributed by atoms with E-state index < -0.39 is 15.1 Å². The molecule has 0 atom stereocenters. The third kappa shape index (κ3) is 4.58. The van der Waals surface area contributed by atoms with Crippen LogP contribution in [0, 0.1) is 0 Å². The van der Waals surface area contributed by atoms with Gasteiger partial charge in [0.2, 0.25) is 0 Å². The summed E-state index contributed by atoms with van der Waals surface area (Å²) < 4.78 is 63.6. The number of halogens is 6. The van der Waals surface area contributed by atoms with Crippen LogP contribution in [0.4, 0.5) is 19.4 Å². The van der Waals surface area contributed by atoms with Crippen LogP contribution in [0.15, 0.2) is 29.2 Å². The molecule has 0 saturated carbocycles. The zero-order valence-corrected chi connectivity index (χ0v) is 14.6. The van der Waals surface area contributed by atoms with Crippen LogP contribution in [-0.4, -0.2) is 4.98 Å². The molecule has 130 valence electrons. The molecule has 0 bridgehead atoms. The quantitative estimate of drug-likeness (QED) is 0.366. The van der Waals surface area contributed by atoms with E-state index in [2.05, 4.69) is 4.98 Å². The third-order valence-corrected chi connectivity index (χ3v) is 5.95. The lowest BCUT2D eigenvalue weighted by Gasteiger charge is -2.40. The van der Waals surface area contributed by atoms with E-state index in [0.717, 1.165) is 42.0 Å². The second-order valence-corrected chi connectivity index (χ2v) is 8.88. The molecular formula is C14H15ClF5NS2. The number of aryl methyl sites for hydroxylation is 1. The molecule has 0 amide bonds. The number of hydrogen-bond donors (Lipinski definition) is 0. The van der Waals surface area contributed by atoms with Crippen LogP contribution in [0.2, 0.25) is 0 Å². The van der Waals surface area contributed by atoms with E-state index >= 15 is 0 Å². The highest BCUT2D eigenvalue weighted by atomic mass is 35.5. The summed E-state index contributed by atoms with van der Waals surface area (Å²) in [4.78, 5) is 3.35. The van der Waals surface area contributed by atoms with E-state index in [4.69, 9.17) is 11.6 Å². The van der Waals surface area contributed by atoms with Crippen LogP contribution in [0.25, 0.3) is 10.6 Å². The molecule has 9 heteroatoms. The van der Waals surface area contributed by atoms with Gasteiger partial charge in [-0.25, -0.2) is 4.98 Å². The van der Waals surface area contributed by atoms with Crippen LogP contribution >= 0.6 is 33.2 Å². The molecule has 0 radical (unpaired) electrons. The van der Waals surface area contributed by atoms with Gasteiger partial charge in [-0.3, -0.25) is 0 Å². The van der Waals surface area contributed by atoms with Gasteiger partial charge in [0.15, 0.2) is 0 Å². The van der Waals surface area contributed by atoms with Gasteiger partial charge in [0.05, 0.1) is 11.6 Å². The molecule has 0 fully saturated rings. The van der Waals surface area contributed by atoms with Crippen LogP contribution in [0.3, 0.4) is 0 Å². The molecule has 2 aromatic rings. The van der Waals surface area contributed by atoms with Gasteiger partial charge in [0, 0.05) is 10.4 Å². The van der Waals surface area contributed by atoms with Gasteiger partial charge >= 0.3 is 10.2 Å². The molecule has 23 heavy (non-hydrogen) atoms. The van der Waals surface area contributed by atoms with Crippen molar-refractivity contribution in [2.75, 3.05) is 0 Å². The topological polar surface area (TPSA) is 12.9 Å². The zero-order valence-electron chi connectivity index (χ0n) is 12.2. The van der Waals surface area contributed by atoms with Crippen molar-refractivity contribution in [3.05, 3.63) is 34.8 Å². The predicted molar refractivity (Wildman–Crippen MR) is 87.1 cm³/mol. The Kier molecular flexibility index (Phi) is 4.50. The highest BCUT2D eigenvalue weighted by Crippen LogP contribution is 3.02. The maximum Gasteiger partial charge on any atom is 0.310 e. The molecule has 0 spiro atoms. The number of rotatable bonds is 6.